The highest BCUT2D eigenvalue weighted by molar-refractivity contribution is 5.77. The zero-order valence-corrected chi connectivity index (χ0v) is 10.2. The normalized spacial score (nSPS) is 15.3. The molecular weight excluding hydrogens is 200 g/mol. The number of aliphatic hydroxyl groups is 1. The molecule has 0 saturated carbocycles. The minimum Gasteiger partial charge on any atom is -0.391 e. The smallest absolute Gasteiger partial charge is 0.0961 e. The molecule has 2 aromatic rings. The fraction of sp³-hybridized carbons (Fsp3) is 0.462. The molecule has 2 atom stereocenters. The first-order chi connectivity index (χ1) is 7.50. The standard InChI is InChI=1S/C13H18N2O/c1-8-5-12-13(6-9(8)2)15(7-14-12)10(3)11(4)16/h5-7,10-11,16H,1-4H3. The van der Waals surface area contributed by atoms with E-state index in [-0.39, 0.29) is 12.1 Å². The fourth-order valence-electron chi connectivity index (χ4n) is 1.84. The number of hydrogen-bond donors (Lipinski definition) is 1. The molecular formula is C13H18N2O. The Morgan fingerprint density at radius 1 is 1.19 bits per heavy atom. The first-order valence-electron chi connectivity index (χ1n) is 5.62. The van der Waals surface area contributed by atoms with E-state index in [1.165, 1.54) is 11.1 Å². The van der Waals surface area contributed by atoms with E-state index < -0.39 is 0 Å². The third-order valence-corrected chi connectivity index (χ3v) is 3.33. The quantitative estimate of drug-likeness (QED) is 0.841. The number of nitrogens with zero attached hydrogens (tertiary/aromatic N) is 2. The zero-order valence-electron chi connectivity index (χ0n) is 10.2. The molecule has 0 aliphatic carbocycles. The molecule has 0 bridgehead atoms. The van der Waals surface area contributed by atoms with Crippen LogP contribution in [0.5, 0.6) is 0 Å². The third-order valence-electron chi connectivity index (χ3n) is 3.33. The molecule has 0 fully saturated rings. The molecule has 0 saturated heterocycles. The van der Waals surface area contributed by atoms with Gasteiger partial charge in [0, 0.05) is 0 Å². The fourth-order valence-corrected chi connectivity index (χ4v) is 1.84. The average molecular weight is 218 g/mol. The number of rotatable bonds is 2. The van der Waals surface area contributed by atoms with Crippen LogP contribution in [-0.4, -0.2) is 20.8 Å². The van der Waals surface area contributed by atoms with Crippen molar-refractivity contribution in [2.24, 2.45) is 0 Å². The van der Waals surface area contributed by atoms with E-state index in [4.69, 9.17) is 0 Å². The average Bonchev–Trinajstić information content (AvgIpc) is 2.60. The van der Waals surface area contributed by atoms with E-state index >= 15 is 0 Å². The van der Waals surface area contributed by atoms with E-state index in [1.54, 1.807) is 13.3 Å². The van der Waals surface area contributed by atoms with Crippen LogP contribution in [0.25, 0.3) is 11.0 Å². The van der Waals surface area contributed by atoms with Crippen molar-refractivity contribution in [3.63, 3.8) is 0 Å². The number of benzene rings is 1. The van der Waals surface area contributed by atoms with Crippen molar-refractivity contribution in [3.05, 3.63) is 29.6 Å². The Morgan fingerprint density at radius 2 is 1.81 bits per heavy atom. The van der Waals surface area contributed by atoms with Crippen molar-refractivity contribution in [3.8, 4) is 0 Å². The van der Waals surface area contributed by atoms with Crippen LogP contribution in [0.1, 0.15) is 31.0 Å². The second-order valence-corrected chi connectivity index (χ2v) is 4.56. The van der Waals surface area contributed by atoms with Crippen LogP contribution in [0, 0.1) is 13.8 Å². The van der Waals surface area contributed by atoms with Crippen molar-refractivity contribution < 1.29 is 5.11 Å². The van der Waals surface area contributed by atoms with E-state index in [9.17, 15) is 5.11 Å². The lowest BCUT2D eigenvalue weighted by molar-refractivity contribution is 0.141. The summed E-state index contributed by atoms with van der Waals surface area (Å²) in [6.45, 7) is 7.99. The maximum atomic E-state index is 9.63. The minimum absolute atomic E-state index is 0.0482. The van der Waals surface area contributed by atoms with Gasteiger partial charge in [-0.3, -0.25) is 0 Å². The van der Waals surface area contributed by atoms with Crippen LogP contribution in [0.4, 0.5) is 0 Å². The molecule has 0 radical (unpaired) electrons. The van der Waals surface area contributed by atoms with E-state index in [0.29, 0.717) is 0 Å². The minimum atomic E-state index is -0.376. The van der Waals surface area contributed by atoms with Gasteiger partial charge in [0.15, 0.2) is 0 Å². The highest BCUT2D eigenvalue weighted by Gasteiger charge is 2.14. The Hall–Kier alpha value is -1.35. The molecule has 0 amide bonds. The maximum absolute atomic E-state index is 9.63. The van der Waals surface area contributed by atoms with Crippen LogP contribution in [0.2, 0.25) is 0 Å². The molecule has 3 heteroatoms. The third kappa shape index (κ3) is 1.71. The molecule has 16 heavy (non-hydrogen) atoms. The van der Waals surface area contributed by atoms with Gasteiger partial charge in [-0.2, -0.15) is 0 Å². The molecule has 1 aromatic carbocycles. The SMILES string of the molecule is Cc1cc2ncn(C(C)C(C)O)c2cc1C. The number of aliphatic hydroxyl groups excluding tert-OH is 1. The summed E-state index contributed by atoms with van der Waals surface area (Å²) in [5.74, 6) is 0. The summed E-state index contributed by atoms with van der Waals surface area (Å²) in [6.07, 6.45) is 1.43. The van der Waals surface area contributed by atoms with Crippen LogP contribution in [0.3, 0.4) is 0 Å². The molecule has 2 rings (SSSR count). The van der Waals surface area contributed by atoms with Crippen molar-refractivity contribution in [2.75, 3.05) is 0 Å². The Labute approximate surface area is 95.7 Å². The first-order valence-corrected chi connectivity index (χ1v) is 5.62. The van der Waals surface area contributed by atoms with E-state index in [0.717, 1.165) is 11.0 Å². The Kier molecular flexibility index (Phi) is 2.72. The molecule has 1 aromatic heterocycles. The van der Waals surface area contributed by atoms with Gasteiger partial charge in [-0.25, -0.2) is 4.98 Å². The van der Waals surface area contributed by atoms with Crippen LogP contribution in [-0.2, 0) is 0 Å². The van der Waals surface area contributed by atoms with Gasteiger partial charge in [0.1, 0.15) is 0 Å². The lowest BCUT2D eigenvalue weighted by Crippen LogP contribution is -2.17. The summed E-state index contributed by atoms with van der Waals surface area (Å²) in [6, 6.07) is 4.28. The van der Waals surface area contributed by atoms with Gasteiger partial charge in [0.2, 0.25) is 0 Å². The second kappa shape index (κ2) is 3.91. The Morgan fingerprint density at radius 3 is 2.44 bits per heavy atom. The zero-order chi connectivity index (χ0) is 11.9. The summed E-state index contributed by atoms with van der Waals surface area (Å²) < 4.78 is 2.03. The van der Waals surface area contributed by atoms with Gasteiger partial charge >= 0.3 is 0 Å². The van der Waals surface area contributed by atoms with Gasteiger partial charge < -0.3 is 9.67 Å². The number of imidazole rings is 1. The number of aromatic nitrogens is 2. The largest absolute Gasteiger partial charge is 0.391 e. The first kappa shape index (κ1) is 11.1. The highest BCUT2D eigenvalue weighted by Crippen LogP contribution is 2.22. The molecule has 0 aliphatic rings. The molecule has 0 spiro atoms. The van der Waals surface area contributed by atoms with Crippen LogP contribution in [0.15, 0.2) is 18.5 Å². The molecule has 1 N–H and O–H groups in total. The van der Waals surface area contributed by atoms with Gasteiger partial charge in [0.05, 0.1) is 29.5 Å². The summed E-state index contributed by atoms with van der Waals surface area (Å²) in [5.41, 5.74) is 4.60. The summed E-state index contributed by atoms with van der Waals surface area (Å²) >= 11 is 0. The second-order valence-electron chi connectivity index (χ2n) is 4.56. The van der Waals surface area contributed by atoms with Gasteiger partial charge in [-0.15, -0.1) is 0 Å². The van der Waals surface area contributed by atoms with Gasteiger partial charge in [0.25, 0.3) is 0 Å². The maximum Gasteiger partial charge on any atom is 0.0961 e. The molecule has 86 valence electrons. The number of aryl methyl sites for hydroxylation is 2. The van der Waals surface area contributed by atoms with Crippen molar-refractivity contribution in [2.45, 2.75) is 39.8 Å². The summed E-state index contributed by atoms with van der Waals surface area (Å²) in [5, 5.41) is 9.63. The molecule has 1 heterocycles. The lowest BCUT2D eigenvalue weighted by atomic mass is 10.1. The predicted octanol–water partition coefficient (Wildman–Crippen LogP) is 2.59. The van der Waals surface area contributed by atoms with Crippen molar-refractivity contribution in [1.82, 2.24) is 9.55 Å². The lowest BCUT2D eigenvalue weighted by Gasteiger charge is -2.17. The van der Waals surface area contributed by atoms with Crippen LogP contribution >= 0.6 is 0 Å². The summed E-state index contributed by atoms with van der Waals surface area (Å²) in [7, 11) is 0. The van der Waals surface area contributed by atoms with Crippen LogP contribution < -0.4 is 0 Å². The molecule has 2 unspecified atom stereocenters. The van der Waals surface area contributed by atoms with E-state index in [1.807, 2.05) is 11.5 Å². The molecule has 0 aliphatic heterocycles. The van der Waals surface area contributed by atoms with Gasteiger partial charge in [-0.05, 0) is 51.0 Å². The van der Waals surface area contributed by atoms with Crippen molar-refractivity contribution >= 4 is 11.0 Å². The molecule has 3 nitrogen and oxygen atoms in total. The number of fused-ring (bicyclic) bond motifs is 1. The summed E-state index contributed by atoms with van der Waals surface area (Å²) in [4.78, 5) is 4.38. The monoisotopic (exact) mass is 218 g/mol. The topological polar surface area (TPSA) is 38.0 Å². The Bertz CT molecular complexity index is 514. The van der Waals surface area contributed by atoms with Gasteiger partial charge in [-0.1, -0.05) is 0 Å². The Balaban J connectivity index is 2.60. The highest BCUT2D eigenvalue weighted by atomic mass is 16.3. The van der Waals surface area contributed by atoms with Crippen molar-refractivity contribution in [1.29, 1.82) is 0 Å². The predicted molar refractivity (Wildman–Crippen MR) is 65.6 cm³/mol. The number of hydrogen-bond acceptors (Lipinski definition) is 2. The van der Waals surface area contributed by atoms with E-state index in [2.05, 4.69) is 31.0 Å².